The number of nitrogens with one attached hydrogen (secondary N) is 1. The number of amides is 2. The Hall–Kier alpha value is -4.05. The summed E-state index contributed by atoms with van der Waals surface area (Å²) >= 11 is 0. The Bertz CT molecular complexity index is 1360. The van der Waals surface area contributed by atoms with Crippen LogP contribution in [0.15, 0.2) is 83.8 Å². The van der Waals surface area contributed by atoms with Gasteiger partial charge in [0.15, 0.2) is 0 Å². The minimum absolute atomic E-state index is 0.0111. The fraction of sp³-hybridized carbons (Fsp3) is 0.333. The lowest BCUT2D eigenvalue weighted by atomic mass is 10.1. The number of ether oxygens (including phenoxy) is 2. The minimum atomic E-state index is -4.15. The number of hydrogen-bond acceptors (Lipinski definition) is 6. The molecule has 0 bridgehead atoms. The van der Waals surface area contributed by atoms with Crippen LogP contribution in [0, 0.1) is 0 Å². The molecule has 10 heteroatoms. The van der Waals surface area contributed by atoms with E-state index in [0.29, 0.717) is 30.2 Å². The topological polar surface area (TPSA) is 105 Å². The third-order valence-corrected chi connectivity index (χ3v) is 8.18. The molecule has 2 amide bonds. The van der Waals surface area contributed by atoms with Gasteiger partial charge in [-0.15, -0.1) is 0 Å². The summed E-state index contributed by atoms with van der Waals surface area (Å²) in [5.74, 6) is 0.322. The first-order valence-electron chi connectivity index (χ1n) is 13.2. The molecule has 3 aromatic carbocycles. The minimum Gasteiger partial charge on any atom is -0.497 e. The van der Waals surface area contributed by atoms with Gasteiger partial charge in [-0.2, -0.15) is 0 Å². The molecule has 0 aliphatic rings. The number of benzene rings is 3. The molecule has 0 aromatic heterocycles. The highest BCUT2D eigenvalue weighted by molar-refractivity contribution is 7.92. The van der Waals surface area contributed by atoms with Crippen LogP contribution in [0.2, 0.25) is 0 Å². The van der Waals surface area contributed by atoms with Crippen molar-refractivity contribution in [2.75, 3.05) is 31.6 Å². The van der Waals surface area contributed by atoms with Crippen LogP contribution in [0.3, 0.4) is 0 Å². The van der Waals surface area contributed by atoms with E-state index in [9.17, 15) is 18.0 Å². The second-order valence-electron chi connectivity index (χ2n) is 9.11. The van der Waals surface area contributed by atoms with Crippen molar-refractivity contribution < 1.29 is 27.5 Å². The predicted octanol–water partition coefficient (Wildman–Crippen LogP) is 4.23. The normalized spacial score (nSPS) is 11.8. The Morgan fingerprint density at radius 2 is 1.55 bits per heavy atom. The Morgan fingerprint density at radius 3 is 2.15 bits per heavy atom. The molecule has 1 atom stereocenters. The van der Waals surface area contributed by atoms with Crippen molar-refractivity contribution in [1.29, 1.82) is 0 Å². The first-order valence-corrected chi connectivity index (χ1v) is 14.6. The number of hydrogen-bond donors (Lipinski definition) is 1. The summed E-state index contributed by atoms with van der Waals surface area (Å²) in [7, 11) is -1.10. The molecular weight excluding hydrogens is 530 g/mol. The van der Waals surface area contributed by atoms with Crippen molar-refractivity contribution in [3.8, 4) is 11.5 Å². The van der Waals surface area contributed by atoms with E-state index < -0.39 is 28.5 Å². The van der Waals surface area contributed by atoms with Gasteiger partial charge in [-0.3, -0.25) is 13.9 Å². The molecule has 0 aliphatic heterocycles. The van der Waals surface area contributed by atoms with Gasteiger partial charge in [0.1, 0.15) is 24.1 Å². The maximum absolute atomic E-state index is 14.0. The van der Waals surface area contributed by atoms with Gasteiger partial charge in [-0.1, -0.05) is 44.2 Å². The molecule has 214 valence electrons. The van der Waals surface area contributed by atoms with Crippen LogP contribution in [-0.4, -0.2) is 58.5 Å². The number of sulfonamides is 1. The van der Waals surface area contributed by atoms with Gasteiger partial charge in [0.25, 0.3) is 10.0 Å². The standard InChI is InChI=1S/C30H37N3O6S/c1-5-19-31-30(35)28(6-2)32(21-23-11-10-14-26(20-23)39-4)29(34)22-33(24-12-8-7-9-13-24)40(36,37)27-17-15-25(38-3)16-18-27/h7-18,20,28H,5-6,19,21-22H2,1-4H3,(H,31,35)/t28-/m1/s1. The summed E-state index contributed by atoms with van der Waals surface area (Å²) in [5, 5.41) is 2.88. The summed E-state index contributed by atoms with van der Waals surface area (Å²) in [6.45, 7) is 3.84. The molecule has 0 spiro atoms. The summed E-state index contributed by atoms with van der Waals surface area (Å²) in [6, 6.07) is 20.9. The SMILES string of the molecule is CCCNC(=O)[C@@H](CC)N(Cc1cccc(OC)c1)C(=O)CN(c1ccccc1)S(=O)(=O)c1ccc(OC)cc1. The average Bonchev–Trinajstić information content (AvgIpc) is 2.98. The molecule has 0 saturated heterocycles. The van der Waals surface area contributed by atoms with E-state index in [0.717, 1.165) is 16.3 Å². The Morgan fingerprint density at radius 1 is 0.875 bits per heavy atom. The summed E-state index contributed by atoms with van der Waals surface area (Å²) in [5.41, 5.74) is 1.08. The van der Waals surface area contributed by atoms with Crippen LogP contribution in [0.1, 0.15) is 32.3 Å². The highest BCUT2D eigenvalue weighted by Crippen LogP contribution is 2.26. The van der Waals surface area contributed by atoms with Crippen molar-refractivity contribution in [3.05, 3.63) is 84.4 Å². The van der Waals surface area contributed by atoms with Crippen molar-refractivity contribution >= 4 is 27.5 Å². The van der Waals surface area contributed by atoms with E-state index in [2.05, 4.69) is 5.32 Å². The number of rotatable bonds is 14. The second kappa shape index (κ2) is 14.4. The van der Waals surface area contributed by atoms with Crippen molar-refractivity contribution in [3.63, 3.8) is 0 Å². The smallest absolute Gasteiger partial charge is 0.264 e. The lowest BCUT2D eigenvalue weighted by Crippen LogP contribution is -2.52. The molecule has 0 radical (unpaired) electrons. The van der Waals surface area contributed by atoms with Gasteiger partial charge >= 0.3 is 0 Å². The zero-order chi connectivity index (χ0) is 29.1. The molecule has 1 N–H and O–H groups in total. The van der Waals surface area contributed by atoms with Gasteiger partial charge in [0, 0.05) is 13.1 Å². The monoisotopic (exact) mass is 567 g/mol. The number of methoxy groups -OCH3 is 2. The fourth-order valence-corrected chi connectivity index (χ4v) is 5.67. The number of carbonyl (C=O) groups is 2. The van der Waals surface area contributed by atoms with E-state index in [4.69, 9.17) is 9.47 Å². The van der Waals surface area contributed by atoms with Gasteiger partial charge in [0.2, 0.25) is 11.8 Å². The highest BCUT2D eigenvalue weighted by atomic mass is 32.2. The van der Waals surface area contributed by atoms with E-state index in [1.807, 2.05) is 19.9 Å². The second-order valence-corrected chi connectivity index (χ2v) is 11.0. The summed E-state index contributed by atoms with van der Waals surface area (Å²) in [4.78, 5) is 28.6. The molecule has 0 unspecified atom stereocenters. The van der Waals surface area contributed by atoms with Gasteiger partial charge in [-0.05, 0) is 66.9 Å². The number of anilines is 1. The zero-order valence-corrected chi connectivity index (χ0v) is 24.2. The number of para-hydroxylation sites is 1. The molecule has 3 aromatic rings. The van der Waals surface area contributed by atoms with E-state index in [1.165, 1.54) is 24.1 Å². The number of carbonyl (C=O) groups excluding carboxylic acids is 2. The van der Waals surface area contributed by atoms with Crippen LogP contribution in [0.25, 0.3) is 0 Å². The third kappa shape index (κ3) is 7.53. The lowest BCUT2D eigenvalue weighted by Gasteiger charge is -2.33. The van der Waals surface area contributed by atoms with Crippen LogP contribution in [-0.2, 0) is 26.2 Å². The lowest BCUT2D eigenvalue weighted by molar-refractivity contribution is -0.140. The van der Waals surface area contributed by atoms with E-state index >= 15 is 0 Å². The summed E-state index contributed by atoms with van der Waals surface area (Å²) in [6.07, 6.45) is 1.09. The molecular formula is C30H37N3O6S. The zero-order valence-electron chi connectivity index (χ0n) is 23.4. The summed E-state index contributed by atoms with van der Waals surface area (Å²) < 4.78 is 39.3. The number of nitrogens with zero attached hydrogens (tertiary/aromatic N) is 2. The quantitative estimate of drug-likeness (QED) is 0.313. The fourth-order valence-electron chi connectivity index (χ4n) is 4.25. The molecule has 0 aliphatic carbocycles. The van der Waals surface area contributed by atoms with Crippen molar-refractivity contribution in [2.45, 2.75) is 44.2 Å². The maximum Gasteiger partial charge on any atom is 0.264 e. The van der Waals surface area contributed by atoms with Crippen molar-refractivity contribution in [1.82, 2.24) is 10.2 Å². The average molecular weight is 568 g/mol. The largest absolute Gasteiger partial charge is 0.497 e. The van der Waals surface area contributed by atoms with Crippen LogP contribution in [0.5, 0.6) is 11.5 Å². The van der Waals surface area contributed by atoms with E-state index in [-0.39, 0.29) is 17.3 Å². The van der Waals surface area contributed by atoms with Gasteiger partial charge in [-0.25, -0.2) is 8.42 Å². The Labute approximate surface area is 236 Å². The predicted molar refractivity (Wildman–Crippen MR) is 155 cm³/mol. The first kappa shape index (κ1) is 30.5. The van der Waals surface area contributed by atoms with Crippen LogP contribution in [0.4, 0.5) is 5.69 Å². The molecule has 0 heterocycles. The van der Waals surface area contributed by atoms with Gasteiger partial charge < -0.3 is 19.7 Å². The highest BCUT2D eigenvalue weighted by Gasteiger charge is 2.33. The third-order valence-electron chi connectivity index (χ3n) is 6.39. The van der Waals surface area contributed by atoms with Gasteiger partial charge in [0.05, 0.1) is 24.8 Å². The molecule has 3 rings (SSSR count). The first-order chi connectivity index (χ1) is 19.2. The molecule has 40 heavy (non-hydrogen) atoms. The maximum atomic E-state index is 14.0. The Balaban J connectivity index is 2.03. The van der Waals surface area contributed by atoms with Crippen LogP contribution >= 0.6 is 0 Å². The van der Waals surface area contributed by atoms with E-state index in [1.54, 1.807) is 67.8 Å². The van der Waals surface area contributed by atoms with Crippen molar-refractivity contribution in [2.24, 2.45) is 0 Å². The molecule has 9 nitrogen and oxygen atoms in total. The molecule has 0 saturated carbocycles. The Kier molecular flexibility index (Phi) is 11.0. The van der Waals surface area contributed by atoms with Crippen LogP contribution < -0.4 is 19.1 Å². The molecule has 0 fully saturated rings.